The normalized spacial score (nSPS) is 20.6. The molecule has 1 heterocycles. The quantitative estimate of drug-likeness (QED) is 0.832. The molecule has 0 radical (unpaired) electrons. The fourth-order valence-electron chi connectivity index (χ4n) is 2.40. The average molecular weight is 279 g/mol. The minimum atomic E-state index is 0.0771. The van der Waals surface area contributed by atoms with Crippen LogP contribution < -0.4 is 10.1 Å². The third-order valence-electron chi connectivity index (χ3n) is 3.38. The highest BCUT2D eigenvalue weighted by Crippen LogP contribution is 2.24. The van der Waals surface area contributed by atoms with Gasteiger partial charge in [0.1, 0.15) is 11.9 Å². The minimum absolute atomic E-state index is 0.0771. The van der Waals surface area contributed by atoms with Gasteiger partial charge in [0.2, 0.25) is 0 Å². The van der Waals surface area contributed by atoms with Gasteiger partial charge in [-0.3, -0.25) is 0 Å². The van der Waals surface area contributed by atoms with Gasteiger partial charge in [-0.25, -0.2) is 0 Å². The molecule has 0 saturated carbocycles. The van der Waals surface area contributed by atoms with Crippen molar-refractivity contribution in [2.24, 2.45) is 0 Å². The summed E-state index contributed by atoms with van der Waals surface area (Å²) in [5.41, 5.74) is 1.22. The topological polar surface area (TPSA) is 39.7 Å². The zero-order valence-electron chi connectivity index (χ0n) is 12.4. The second-order valence-electron chi connectivity index (χ2n) is 4.92. The molecule has 4 nitrogen and oxygen atoms in total. The Morgan fingerprint density at radius 1 is 1.25 bits per heavy atom. The SMILES string of the molecule is CCCNC(c1ccc(OCC)cc1)C1COCCO1. The minimum Gasteiger partial charge on any atom is -0.494 e. The van der Waals surface area contributed by atoms with Crippen molar-refractivity contribution in [2.45, 2.75) is 32.4 Å². The molecule has 0 spiro atoms. The molecule has 1 aromatic carbocycles. The molecule has 20 heavy (non-hydrogen) atoms. The third-order valence-corrected chi connectivity index (χ3v) is 3.38. The zero-order chi connectivity index (χ0) is 14.2. The maximum Gasteiger partial charge on any atom is 0.119 e. The maximum absolute atomic E-state index is 5.85. The summed E-state index contributed by atoms with van der Waals surface area (Å²) in [5, 5.41) is 3.56. The van der Waals surface area contributed by atoms with Gasteiger partial charge in [0.25, 0.3) is 0 Å². The van der Waals surface area contributed by atoms with Gasteiger partial charge in [-0.05, 0) is 37.6 Å². The number of ether oxygens (including phenoxy) is 3. The average Bonchev–Trinajstić information content (AvgIpc) is 2.51. The van der Waals surface area contributed by atoms with Crippen molar-refractivity contribution in [2.75, 3.05) is 33.0 Å². The van der Waals surface area contributed by atoms with Crippen molar-refractivity contribution in [1.82, 2.24) is 5.32 Å². The van der Waals surface area contributed by atoms with Gasteiger partial charge in [-0.15, -0.1) is 0 Å². The van der Waals surface area contributed by atoms with Gasteiger partial charge in [0.15, 0.2) is 0 Å². The Morgan fingerprint density at radius 3 is 2.65 bits per heavy atom. The summed E-state index contributed by atoms with van der Waals surface area (Å²) in [7, 11) is 0. The molecule has 0 amide bonds. The molecule has 1 saturated heterocycles. The maximum atomic E-state index is 5.85. The smallest absolute Gasteiger partial charge is 0.119 e. The molecular formula is C16H25NO3. The summed E-state index contributed by atoms with van der Waals surface area (Å²) in [6.45, 7) is 7.84. The van der Waals surface area contributed by atoms with Crippen LogP contribution in [0.15, 0.2) is 24.3 Å². The number of rotatable bonds is 7. The first-order valence-corrected chi connectivity index (χ1v) is 7.50. The van der Waals surface area contributed by atoms with E-state index in [-0.39, 0.29) is 12.1 Å². The predicted octanol–water partition coefficient (Wildman–Crippen LogP) is 2.54. The Balaban J connectivity index is 2.07. The first-order chi connectivity index (χ1) is 9.85. The molecule has 4 heteroatoms. The Hall–Kier alpha value is -1.10. The molecule has 2 rings (SSSR count). The number of nitrogens with one attached hydrogen (secondary N) is 1. The van der Waals surface area contributed by atoms with E-state index in [0.29, 0.717) is 26.4 Å². The predicted molar refractivity (Wildman–Crippen MR) is 79.2 cm³/mol. The van der Waals surface area contributed by atoms with Crippen LogP contribution in [0, 0.1) is 0 Å². The molecule has 2 unspecified atom stereocenters. The Labute approximate surface area is 121 Å². The van der Waals surface area contributed by atoms with Crippen molar-refractivity contribution in [3.8, 4) is 5.75 Å². The van der Waals surface area contributed by atoms with Crippen LogP contribution in [0.3, 0.4) is 0 Å². The molecule has 0 aromatic heterocycles. The molecule has 1 aliphatic heterocycles. The molecule has 0 bridgehead atoms. The van der Waals surface area contributed by atoms with Gasteiger partial charge in [-0.1, -0.05) is 19.1 Å². The summed E-state index contributed by atoms with van der Waals surface area (Å²) < 4.78 is 16.9. The molecule has 1 aliphatic rings. The molecule has 1 N–H and O–H groups in total. The third kappa shape index (κ3) is 4.20. The Morgan fingerprint density at radius 2 is 2.05 bits per heavy atom. The monoisotopic (exact) mass is 279 g/mol. The van der Waals surface area contributed by atoms with Crippen LogP contribution in [0.2, 0.25) is 0 Å². The van der Waals surface area contributed by atoms with E-state index in [9.17, 15) is 0 Å². The van der Waals surface area contributed by atoms with E-state index in [1.165, 1.54) is 5.56 Å². The van der Waals surface area contributed by atoms with E-state index in [2.05, 4.69) is 24.4 Å². The van der Waals surface area contributed by atoms with E-state index < -0.39 is 0 Å². The van der Waals surface area contributed by atoms with Crippen LogP contribution in [-0.4, -0.2) is 39.1 Å². The van der Waals surface area contributed by atoms with Crippen LogP contribution >= 0.6 is 0 Å². The van der Waals surface area contributed by atoms with Crippen LogP contribution in [0.4, 0.5) is 0 Å². The fraction of sp³-hybridized carbons (Fsp3) is 0.625. The summed E-state index contributed by atoms with van der Waals surface area (Å²) in [6.07, 6.45) is 1.18. The zero-order valence-corrected chi connectivity index (χ0v) is 12.4. The highest BCUT2D eigenvalue weighted by Gasteiger charge is 2.26. The molecule has 1 aromatic rings. The van der Waals surface area contributed by atoms with E-state index >= 15 is 0 Å². The highest BCUT2D eigenvalue weighted by atomic mass is 16.6. The summed E-state index contributed by atoms with van der Waals surface area (Å²) in [4.78, 5) is 0. The summed E-state index contributed by atoms with van der Waals surface area (Å²) in [6, 6.07) is 8.42. The van der Waals surface area contributed by atoms with Crippen molar-refractivity contribution < 1.29 is 14.2 Å². The van der Waals surface area contributed by atoms with Crippen LogP contribution in [0.25, 0.3) is 0 Å². The largest absolute Gasteiger partial charge is 0.494 e. The van der Waals surface area contributed by atoms with Crippen molar-refractivity contribution in [1.29, 1.82) is 0 Å². The van der Waals surface area contributed by atoms with Gasteiger partial charge < -0.3 is 19.5 Å². The molecular weight excluding hydrogens is 254 g/mol. The van der Waals surface area contributed by atoms with E-state index in [1.807, 2.05) is 19.1 Å². The second-order valence-corrected chi connectivity index (χ2v) is 4.92. The number of hydrogen-bond donors (Lipinski definition) is 1. The van der Waals surface area contributed by atoms with Crippen LogP contribution in [0.5, 0.6) is 5.75 Å². The second kappa shape index (κ2) is 8.25. The summed E-state index contributed by atoms with van der Waals surface area (Å²) >= 11 is 0. The van der Waals surface area contributed by atoms with Crippen molar-refractivity contribution in [3.63, 3.8) is 0 Å². The fourth-order valence-corrected chi connectivity index (χ4v) is 2.40. The van der Waals surface area contributed by atoms with Gasteiger partial charge in [0.05, 0.1) is 32.5 Å². The first-order valence-electron chi connectivity index (χ1n) is 7.50. The van der Waals surface area contributed by atoms with Gasteiger partial charge in [0, 0.05) is 0 Å². The molecule has 112 valence electrons. The lowest BCUT2D eigenvalue weighted by Crippen LogP contribution is -2.40. The Kier molecular flexibility index (Phi) is 6.30. The number of benzene rings is 1. The first kappa shape index (κ1) is 15.3. The van der Waals surface area contributed by atoms with Gasteiger partial charge >= 0.3 is 0 Å². The Bertz CT molecular complexity index is 374. The molecule has 2 atom stereocenters. The highest BCUT2D eigenvalue weighted by molar-refractivity contribution is 5.30. The van der Waals surface area contributed by atoms with Crippen LogP contribution in [-0.2, 0) is 9.47 Å². The van der Waals surface area contributed by atoms with E-state index in [0.717, 1.165) is 18.7 Å². The van der Waals surface area contributed by atoms with Crippen molar-refractivity contribution >= 4 is 0 Å². The molecule has 0 aliphatic carbocycles. The lowest BCUT2D eigenvalue weighted by Gasteiger charge is -2.31. The van der Waals surface area contributed by atoms with Crippen LogP contribution in [0.1, 0.15) is 31.9 Å². The lowest BCUT2D eigenvalue weighted by molar-refractivity contribution is -0.102. The van der Waals surface area contributed by atoms with E-state index in [1.54, 1.807) is 0 Å². The molecule has 1 fully saturated rings. The number of hydrogen-bond acceptors (Lipinski definition) is 4. The lowest BCUT2D eigenvalue weighted by atomic mass is 10.0. The summed E-state index contributed by atoms with van der Waals surface area (Å²) in [5.74, 6) is 0.909. The van der Waals surface area contributed by atoms with Crippen molar-refractivity contribution in [3.05, 3.63) is 29.8 Å². The standard InChI is InChI=1S/C16H25NO3/c1-3-9-17-16(15-12-18-10-11-20-15)13-5-7-14(8-6-13)19-4-2/h5-8,15-17H,3-4,9-12H2,1-2H3. The van der Waals surface area contributed by atoms with E-state index in [4.69, 9.17) is 14.2 Å². The van der Waals surface area contributed by atoms with Gasteiger partial charge in [-0.2, -0.15) is 0 Å².